The van der Waals surface area contributed by atoms with Gasteiger partial charge < -0.3 is 15.1 Å². The molecule has 0 atom stereocenters. The Hall–Kier alpha value is -2.64. The highest BCUT2D eigenvalue weighted by Gasteiger charge is 2.24. The molecule has 0 radical (unpaired) electrons. The Bertz CT molecular complexity index is 653. The molecule has 106 valence electrons. The van der Waals surface area contributed by atoms with Crippen molar-refractivity contribution in [1.29, 1.82) is 0 Å². The summed E-state index contributed by atoms with van der Waals surface area (Å²) in [5, 5.41) is 11.2. The lowest BCUT2D eigenvalue weighted by Gasteiger charge is -2.18. The van der Waals surface area contributed by atoms with Crippen LogP contribution < -0.4 is 10.6 Å². The maximum atomic E-state index is 11.2. The first-order valence-corrected chi connectivity index (χ1v) is 5.92. The number of hydrogen-bond acceptors (Lipinski definition) is 7. The Kier molecular flexibility index (Phi) is 3.55. The second-order valence-electron chi connectivity index (χ2n) is 4.45. The predicted octanol–water partition coefficient (Wildman–Crippen LogP) is 1.81. The molecule has 0 amide bonds. The minimum absolute atomic E-state index is 0.0128. The van der Waals surface area contributed by atoms with E-state index in [1.54, 1.807) is 18.2 Å². The van der Waals surface area contributed by atoms with Crippen molar-refractivity contribution < 1.29 is 9.34 Å². The number of furan rings is 1. The van der Waals surface area contributed by atoms with Crippen molar-refractivity contribution >= 4 is 17.5 Å². The van der Waals surface area contributed by atoms with Gasteiger partial charge in [0.15, 0.2) is 0 Å². The van der Waals surface area contributed by atoms with Crippen molar-refractivity contribution in [3.63, 3.8) is 0 Å². The highest BCUT2D eigenvalue weighted by molar-refractivity contribution is 5.61. The van der Waals surface area contributed by atoms with Gasteiger partial charge in [-0.2, -0.15) is 4.98 Å². The average molecular weight is 277 g/mol. The van der Waals surface area contributed by atoms with Gasteiger partial charge in [0.25, 0.3) is 0 Å². The molecule has 0 aliphatic heterocycles. The first-order valence-electron chi connectivity index (χ1n) is 5.92. The van der Waals surface area contributed by atoms with Crippen LogP contribution in [0.2, 0.25) is 0 Å². The van der Waals surface area contributed by atoms with Crippen LogP contribution in [-0.4, -0.2) is 21.9 Å². The quantitative estimate of drug-likeness (QED) is 0.670. The van der Waals surface area contributed by atoms with E-state index >= 15 is 0 Å². The molecular formula is C12H15N5O3. The van der Waals surface area contributed by atoms with Gasteiger partial charge in [0.1, 0.15) is 11.5 Å². The Labute approximate surface area is 115 Å². The Morgan fingerprint density at radius 3 is 2.70 bits per heavy atom. The summed E-state index contributed by atoms with van der Waals surface area (Å²) in [6.45, 7) is 3.80. The first kappa shape index (κ1) is 13.8. The number of aromatic nitrogens is 2. The largest absolute Gasteiger partial charge is 0.469 e. The van der Waals surface area contributed by atoms with Gasteiger partial charge in [-0.25, -0.2) is 4.98 Å². The van der Waals surface area contributed by atoms with Crippen LogP contribution in [-0.2, 0) is 6.54 Å². The number of nitrogens with two attached hydrogens (primary N) is 1. The second-order valence-corrected chi connectivity index (χ2v) is 4.45. The van der Waals surface area contributed by atoms with Crippen molar-refractivity contribution in [2.45, 2.75) is 20.4 Å². The van der Waals surface area contributed by atoms with Gasteiger partial charge in [-0.1, -0.05) is 0 Å². The fourth-order valence-corrected chi connectivity index (χ4v) is 1.96. The third-order valence-corrected chi connectivity index (χ3v) is 2.98. The van der Waals surface area contributed by atoms with Gasteiger partial charge in [-0.15, -0.1) is 0 Å². The average Bonchev–Trinajstić information content (AvgIpc) is 2.73. The van der Waals surface area contributed by atoms with Gasteiger partial charge >= 0.3 is 5.69 Å². The van der Waals surface area contributed by atoms with Gasteiger partial charge in [0.05, 0.1) is 11.2 Å². The summed E-state index contributed by atoms with van der Waals surface area (Å²) in [6, 6.07) is 1.81. The standard InChI is InChI=1S/C12H15N5O3/c1-7-10(17(18)19)11(15-12(13)14-7)16(3)6-9-4-5-20-8(9)2/h4-5H,6H2,1-3H3,(H2,13,14,15). The third-order valence-electron chi connectivity index (χ3n) is 2.98. The molecule has 0 aliphatic rings. The molecule has 0 fully saturated rings. The molecular weight excluding hydrogens is 262 g/mol. The molecule has 0 unspecified atom stereocenters. The third kappa shape index (κ3) is 2.53. The van der Waals surface area contributed by atoms with Crippen LogP contribution in [0.1, 0.15) is 17.0 Å². The van der Waals surface area contributed by atoms with Gasteiger partial charge in [0.2, 0.25) is 11.8 Å². The zero-order valence-corrected chi connectivity index (χ0v) is 11.5. The maximum Gasteiger partial charge on any atom is 0.332 e. The lowest BCUT2D eigenvalue weighted by atomic mass is 10.2. The summed E-state index contributed by atoms with van der Waals surface area (Å²) < 4.78 is 5.21. The van der Waals surface area contributed by atoms with E-state index in [4.69, 9.17) is 10.2 Å². The van der Waals surface area contributed by atoms with Gasteiger partial charge in [-0.3, -0.25) is 10.1 Å². The molecule has 0 saturated heterocycles. The highest BCUT2D eigenvalue weighted by Crippen LogP contribution is 2.29. The number of hydrogen-bond donors (Lipinski definition) is 1. The summed E-state index contributed by atoms with van der Waals surface area (Å²) in [5.74, 6) is 0.970. The zero-order valence-electron chi connectivity index (χ0n) is 11.5. The van der Waals surface area contributed by atoms with Crippen LogP contribution in [0.25, 0.3) is 0 Å². The number of nitrogen functional groups attached to an aromatic ring is 1. The van der Waals surface area contributed by atoms with Crippen molar-refractivity contribution in [3.8, 4) is 0 Å². The maximum absolute atomic E-state index is 11.2. The number of anilines is 2. The van der Waals surface area contributed by atoms with Crippen LogP contribution in [0, 0.1) is 24.0 Å². The van der Waals surface area contributed by atoms with Gasteiger partial charge in [-0.05, 0) is 19.9 Å². The van der Waals surface area contributed by atoms with Gasteiger partial charge in [0, 0.05) is 19.2 Å². The van der Waals surface area contributed by atoms with E-state index in [9.17, 15) is 10.1 Å². The minimum atomic E-state index is -0.497. The van der Waals surface area contributed by atoms with Crippen LogP contribution in [0.4, 0.5) is 17.5 Å². The lowest BCUT2D eigenvalue weighted by Crippen LogP contribution is -2.21. The Morgan fingerprint density at radius 2 is 2.15 bits per heavy atom. The molecule has 2 N–H and O–H groups in total. The summed E-state index contributed by atoms with van der Waals surface area (Å²) >= 11 is 0. The SMILES string of the molecule is Cc1nc(N)nc(N(C)Cc2ccoc2C)c1[N+](=O)[O-]. The smallest absolute Gasteiger partial charge is 0.332 e. The summed E-state index contributed by atoms with van der Waals surface area (Å²) in [4.78, 5) is 20.1. The molecule has 2 rings (SSSR count). The molecule has 0 bridgehead atoms. The van der Waals surface area contributed by atoms with E-state index in [2.05, 4.69) is 9.97 Å². The molecule has 0 spiro atoms. The Morgan fingerprint density at radius 1 is 1.45 bits per heavy atom. The topological polar surface area (TPSA) is 111 Å². The molecule has 0 aliphatic carbocycles. The van der Waals surface area contributed by atoms with Crippen LogP contribution in [0.15, 0.2) is 16.7 Å². The van der Waals surface area contributed by atoms with Crippen LogP contribution >= 0.6 is 0 Å². The number of rotatable bonds is 4. The molecule has 20 heavy (non-hydrogen) atoms. The van der Waals surface area contributed by atoms with E-state index in [0.29, 0.717) is 6.54 Å². The van der Waals surface area contributed by atoms with Crippen molar-refractivity contribution in [2.24, 2.45) is 0 Å². The molecule has 2 heterocycles. The number of nitrogens with zero attached hydrogens (tertiary/aromatic N) is 4. The first-order chi connectivity index (χ1) is 9.40. The van der Waals surface area contributed by atoms with E-state index in [-0.39, 0.29) is 23.1 Å². The van der Waals surface area contributed by atoms with E-state index in [0.717, 1.165) is 11.3 Å². The summed E-state index contributed by atoms with van der Waals surface area (Å²) in [6.07, 6.45) is 1.58. The molecule has 2 aromatic rings. The number of aryl methyl sites for hydroxylation is 2. The van der Waals surface area contributed by atoms with Crippen LogP contribution in [0.3, 0.4) is 0 Å². The molecule has 0 saturated carbocycles. The highest BCUT2D eigenvalue weighted by atomic mass is 16.6. The predicted molar refractivity (Wildman–Crippen MR) is 73.4 cm³/mol. The van der Waals surface area contributed by atoms with E-state index in [1.807, 2.05) is 13.0 Å². The van der Waals surface area contributed by atoms with Crippen molar-refractivity contribution in [2.75, 3.05) is 17.7 Å². The summed E-state index contributed by atoms with van der Waals surface area (Å²) in [5.41, 5.74) is 6.61. The molecule has 8 nitrogen and oxygen atoms in total. The second kappa shape index (κ2) is 5.16. The fraction of sp³-hybridized carbons (Fsp3) is 0.333. The fourth-order valence-electron chi connectivity index (χ4n) is 1.96. The van der Waals surface area contributed by atoms with Crippen molar-refractivity contribution in [3.05, 3.63) is 39.5 Å². The molecule has 2 aromatic heterocycles. The van der Waals surface area contributed by atoms with Crippen molar-refractivity contribution in [1.82, 2.24) is 9.97 Å². The van der Waals surface area contributed by atoms with Crippen LogP contribution in [0.5, 0.6) is 0 Å². The minimum Gasteiger partial charge on any atom is -0.469 e. The van der Waals surface area contributed by atoms with E-state index < -0.39 is 4.92 Å². The summed E-state index contributed by atoms with van der Waals surface area (Å²) in [7, 11) is 1.71. The zero-order chi connectivity index (χ0) is 14.9. The van der Waals surface area contributed by atoms with E-state index in [1.165, 1.54) is 6.92 Å². The number of nitro groups is 1. The Balaban J connectivity index is 2.41. The molecule has 8 heteroatoms. The monoisotopic (exact) mass is 277 g/mol. The molecule has 0 aromatic carbocycles. The normalized spacial score (nSPS) is 10.6. The lowest BCUT2D eigenvalue weighted by molar-refractivity contribution is -0.385.